The average Bonchev–Trinajstić information content (AvgIpc) is 2.76. The largest absolute Gasteiger partial charge is 0.480 e. The predicted octanol–water partition coefficient (Wildman–Crippen LogP) is -0.982. The highest BCUT2D eigenvalue weighted by Gasteiger charge is 2.33. The molecule has 0 saturated heterocycles. The number of hydrogen-bond donors (Lipinski definition) is 7. The molecule has 0 radical (unpaired) electrons. The van der Waals surface area contributed by atoms with Crippen LogP contribution in [0.25, 0.3) is 0 Å². The summed E-state index contributed by atoms with van der Waals surface area (Å²) in [5.41, 5.74) is 16.3. The van der Waals surface area contributed by atoms with E-state index in [2.05, 4.69) is 20.9 Å². The number of rotatable bonds is 15. The van der Waals surface area contributed by atoms with Gasteiger partial charge in [-0.3, -0.25) is 19.4 Å². The van der Waals surface area contributed by atoms with Gasteiger partial charge in [-0.2, -0.15) is 0 Å². The van der Waals surface area contributed by atoms with Crippen molar-refractivity contribution in [2.75, 3.05) is 6.54 Å². The first-order valence-corrected chi connectivity index (χ1v) is 11.3. The van der Waals surface area contributed by atoms with E-state index in [-0.39, 0.29) is 17.8 Å². The first-order valence-electron chi connectivity index (χ1n) is 11.3. The lowest BCUT2D eigenvalue weighted by molar-refractivity contribution is -0.144. The Morgan fingerprint density at radius 3 is 1.85 bits per heavy atom. The average molecular weight is 472 g/mol. The number of carbonyl (C=O) groups is 4. The van der Waals surface area contributed by atoms with Crippen LogP contribution in [0.3, 0.4) is 0 Å². The number of aliphatic imine (C=N–C) groups is 1. The van der Waals surface area contributed by atoms with E-state index in [1.807, 2.05) is 13.8 Å². The standard InChI is InChI=1S/C21H41N7O5/c1-6-11(3)15(19(31)28-16(20(32)33)12(4)7-2)27-17(29)13(5)26-18(30)14(22)9-8-10-25-21(23)24/h11-16H,6-10,22H2,1-5H3,(H,26,30)(H,27,29)(H,28,31)(H,32,33)(H4,23,24,25). The lowest BCUT2D eigenvalue weighted by atomic mass is 9.95. The molecule has 0 aliphatic carbocycles. The minimum absolute atomic E-state index is 0.0444. The van der Waals surface area contributed by atoms with Crippen LogP contribution in [0, 0.1) is 11.8 Å². The van der Waals surface area contributed by atoms with E-state index in [0.29, 0.717) is 32.2 Å². The van der Waals surface area contributed by atoms with E-state index in [1.165, 1.54) is 6.92 Å². The Morgan fingerprint density at radius 2 is 1.36 bits per heavy atom. The topological polar surface area (TPSA) is 215 Å². The molecule has 0 aromatic heterocycles. The van der Waals surface area contributed by atoms with Gasteiger partial charge < -0.3 is 38.3 Å². The Bertz CT molecular complexity index is 696. The van der Waals surface area contributed by atoms with Gasteiger partial charge in [0, 0.05) is 6.54 Å². The Kier molecular flexibility index (Phi) is 13.7. The van der Waals surface area contributed by atoms with Gasteiger partial charge in [0.2, 0.25) is 17.7 Å². The highest BCUT2D eigenvalue weighted by Crippen LogP contribution is 2.12. The van der Waals surface area contributed by atoms with Gasteiger partial charge in [0.05, 0.1) is 6.04 Å². The predicted molar refractivity (Wildman–Crippen MR) is 126 cm³/mol. The Balaban J connectivity index is 5.06. The number of nitrogens with two attached hydrogens (primary N) is 3. The summed E-state index contributed by atoms with van der Waals surface area (Å²) in [6.07, 6.45) is 1.94. The maximum Gasteiger partial charge on any atom is 0.326 e. The minimum Gasteiger partial charge on any atom is -0.480 e. The summed E-state index contributed by atoms with van der Waals surface area (Å²) in [7, 11) is 0. The van der Waals surface area contributed by atoms with Crippen LogP contribution in [0.4, 0.5) is 0 Å². The molecule has 10 N–H and O–H groups in total. The lowest BCUT2D eigenvalue weighted by Gasteiger charge is -2.28. The van der Waals surface area contributed by atoms with Gasteiger partial charge in [0.25, 0.3) is 0 Å². The maximum atomic E-state index is 12.8. The fourth-order valence-electron chi connectivity index (χ4n) is 2.94. The number of guanidine groups is 1. The molecular weight excluding hydrogens is 430 g/mol. The highest BCUT2D eigenvalue weighted by molar-refractivity contribution is 5.94. The molecule has 33 heavy (non-hydrogen) atoms. The Hall–Kier alpha value is -2.89. The molecular formula is C21H41N7O5. The SMILES string of the molecule is CCC(C)C(NC(=O)C(NC(=O)C(C)NC(=O)C(N)CCCN=C(N)N)C(C)CC)C(=O)O. The molecule has 0 heterocycles. The van der Waals surface area contributed by atoms with Crippen LogP contribution in [0.15, 0.2) is 4.99 Å². The van der Waals surface area contributed by atoms with Crippen LogP contribution in [0.1, 0.15) is 60.3 Å². The molecule has 0 aromatic carbocycles. The van der Waals surface area contributed by atoms with Crippen molar-refractivity contribution in [3.05, 3.63) is 0 Å². The van der Waals surface area contributed by atoms with Gasteiger partial charge in [-0.1, -0.05) is 40.5 Å². The van der Waals surface area contributed by atoms with E-state index < -0.39 is 47.9 Å². The summed E-state index contributed by atoms with van der Waals surface area (Å²) in [6.45, 7) is 9.00. The third-order valence-corrected chi connectivity index (χ3v) is 5.63. The molecule has 6 unspecified atom stereocenters. The number of carboxylic acids is 1. The van der Waals surface area contributed by atoms with E-state index >= 15 is 0 Å². The van der Waals surface area contributed by atoms with Gasteiger partial charge in [0.1, 0.15) is 18.1 Å². The zero-order valence-electron chi connectivity index (χ0n) is 20.3. The summed E-state index contributed by atoms with van der Waals surface area (Å²) in [5, 5.41) is 17.1. The van der Waals surface area contributed by atoms with E-state index in [4.69, 9.17) is 17.2 Å². The zero-order chi connectivity index (χ0) is 25.7. The summed E-state index contributed by atoms with van der Waals surface area (Å²) in [4.78, 5) is 53.2. The van der Waals surface area contributed by atoms with Crippen LogP contribution >= 0.6 is 0 Å². The second-order valence-electron chi connectivity index (χ2n) is 8.37. The van der Waals surface area contributed by atoms with Gasteiger partial charge in [0.15, 0.2) is 5.96 Å². The molecule has 6 atom stereocenters. The van der Waals surface area contributed by atoms with Crippen molar-refractivity contribution in [2.45, 2.75) is 84.5 Å². The molecule has 0 bridgehead atoms. The number of aliphatic carboxylic acids is 1. The summed E-state index contributed by atoms with van der Waals surface area (Å²) in [6, 6.07) is -3.83. The van der Waals surface area contributed by atoms with Crippen molar-refractivity contribution < 1.29 is 24.3 Å². The zero-order valence-corrected chi connectivity index (χ0v) is 20.3. The quantitative estimate of drug-likeness (QED) is 0.0892. The van der Waals surface area contributed by atoms with E-state index in [9.17, 15) is 24.3 Å². The van der Waals surface area contributed by atoms with Gasteiger partial charge in [-0.15, -0.1) is 0 Å². The molecule has 0 aromatic rings. The first kappa shape index (κ1) is 30.1. The number of carboxylic acid groups (broad SMARTS) is 1. The summed E-state index contributed by atoms with van der Waals surface area (Å²) in [5.74, 6) is -3.41. The van der Waals surface area contributed by atoms with Crippen molar-refractivity contribution in [1.82, 2.24) is 16.0 Å². The second-order valence-corrected chi connectivity index (χ2v) is 8.37. The van der Waals surface area contributed by atoms with Crippen LogP contribution < -0.4 is 33.2 Å². The molecule has 0 fully saturated rings. The van der Waals surface area contributed by atoms with Crippen molar-refractivity contribution in [3.8, 4) is 0 Å². The molecule has 0 aliphatic rings. The normalized spacial score (nSPS) is 16.3. The summed E-state index contributed by atoms with van der Waals surface area (Å²) < 4.78 is 0. The van der Waals surface area contributed by atoms with Crippen LogP contribution in [0.5, 0.6) is 0 Å². The number of nitrogens with zero attached hydrogens (tertiary/aromatic N) is 1. The fraction of sp³-hybridized carbons (Fsp3) is 0.762. The molecule has 0 rings (SSSR count). The molecule has 3 amide bonds. The number of carbonyl (C=O) groups excluding carboxylic acids is 3. The van der Waals surface area contributed by atoms with Crippen molar-refractivity contribution in [3.63, 3.8) is 0 Å². The smallest absolute Gasteiger partial charge is 0.326 e. The lowest BCUT2D eigenvalue weighted by Crippen LogP contribution is -2.58. The maximum absolute atomic E-state index is 12.8. The molecule has 0 spiro atoms. The van der Waals surface area contributed by atoms with Crippen LogP contribution in [0.2, 0.25) is 0 Å². The number of hydrogen-bond acceptors (Lipinski definition) is 6. The Labute approximate surface area is 195 Å². The minimum atomic E-state index is -1.14. The molecule has 12 heteroatoms. The van der Waals surface area contributed by atoms with E-state index in [0.717, 1.165) is 0 Å². The van der Waals surface area contributed by atoms with Gasteiger partial charge in [-0.05, 0) is 31.6 Å². The summed E-state index contributed by atoms with van der Waals surface area (Å²) >= 11 is 0. The monoisotopic (exact) mass is 471 g/mol. The molecule has 190 valence electrons. The van der Waals surface area contributed by atoms with Crippen molar-refractivity contribution in [1.29, 1.82) is 0 Å². The molecule has 0 saturated carbocycles. The molecule has 0 aliphatic heterocycles. The van der Waals surface area contributed by atoms with Crippen LogP contribution in [-0.2, 0) is 19.2 Å². The van der Waals surface area contributed by atoms with Crippen molar-refractivity contribution in [2.24, 2.45) is 34.0 Å². The molecule has 12 nitrogen and oxygen atoms in total. The second kappa shape index (κ2) is 15.0. The van der Waals surface area contributed by atoms with Crippen LogP contribution in [-0.4, -0.2) is 65.5 Å². The van der Waals surface area contributed by atoms with Gasteiger partial charge in [-0.25, -0.2) is 4.79 Å². The fourth-order valence-corrected chi connectivity index (χ4v) is 2.94. The third kappa shape index (κ3) is 11.0. The first-order chi connectivity index (χ1) is 15.3. The number of nitrogens with one attached hydrogen (secondary N) is 3. The highest BCUT2D eigenvalue weighted by atomic mass is 16.4. The number of amides is 3. The third-order valence-electron chi connectivity index (χ3n) is 5.63. The van der Waals surface area contributed by atoms with Gasteiger partial charge >= 0.3 is 5.97 Å². The Morgan fingerprint density at radius 1 is 0.848 bits per heavy atom. The van der Waals surface area contributed by atoms with E-state index in [1.54, 1.807) is 13.8 Å². The van der Waals surface area contributed by atoms with Crippen molar-refractivity contribution >= 4 is 29.7 Å².